The highest BCUT2D eigenvalue weighted by atomic mass is 16.5. The zero-order valence-corrected chi connectivity index (χ0v) is 12.0. The van der Waals surface area contributed by atoms with E-state index in [0.717, 1.165) is 16.9 Å². The number of fused-ring (bicyclic) bond motifs is 1. The Morgan fingerprint density at radius 3 is 2.90 bits per heavy atom. The van der Waals surface area contributed by atoms with Gasteiger partial charge < -0.3 is 15.4 Å². The van der Waals surface area contributed by atoms with Crippen LogP contribution in [-0.2, 0) is 11.3 Å². The van der Waals surface area contributed by atoms with Crippen molar-refractivity contribution in [3.8, 4) is 5.75 Å². The van der Waals surface area contributed by atoms with Crippen molar-refractivity contribution in [2.24, 2.45) is 0 Å². The molecule has 108 valence electrons. The molecule has 3 rings (SSSR count). The van der Waals surface area contributed by atoms with Crippen molar-refractivity contribution in [3.63, 3.8) is 0 Å². The van der Waals surface area contributed by atoms with Crippen molar-refractivity contribution in [1.82, 2.24) is 4.90 Å². The van der Waals surface area contributed by atoms with Crippen LogP contribution in [0.25, 0.3) is 0 Å². The molecule has 0 bridgehead atoms. The Bertz CT molecular complexity index is 669. The zero-order valence-electron chi connectivity index (χ0n) is 12.0. The molecule has 2 N–H and O–H groups in total. The van der Waals surface area contributed by atoms with Gasteiger partial charge in [-0.25, -0.2) is 0 Å². The second-order valence-electron chi connectivity index (χ2n) is 5.34. The van der Waals surface area contributed by atoms with E-state index in [1.165, 1.54) is 0 Å². The average molecular weight is 282 g/mol. The molecule has 1 heterocycles. The zero-order chi connectivity index (χ0) is 14.8. The number of likely N-dealkylation sites (N-methyl/N-ethyl adjacent to an activating group) is 1. The average Bonchev–Trinajstić information content (AvgIpc) is 2.90. The van der Waals surface area contributed by atoms with Gasteiger partial charge >= 0.3 is 0 Å². The van der Waals surface area contributed by atoms with Crippen molar-refractivity contribution in [3.05, 3.63) is 59.7 Å². The summed E-state index contributed by atoms with van der Waals surface area (Å²) in [5.41, 5.74) is 8.48. The van der Waals surface area contributed by atoms with E-state index in [1.54, 1.807) is 4.90 Å². The molecule has 4 nitrogen and oxygen atoms in total. The van der Waals surface area contributed by atoms with Gasteiger partial charge in [0.15, 0.2) is 0 Å². The van der Waals surface area contributed by atoms with E-state index < -0.39 is 0 Å². The van der Waals surface area contributed by atoms with Gasteiger partial charge in [0.1, 0.15) is 18.3 Å². The van der Waals surface area contributed by atoms with Gasteiger partial charge in [-0.2, -0.15) is 0 Å². The summed E-state index contributed by atoms with van der Waals surface area (Å²) in [7, 11) is 1.81. The molecule has 0 radical (unpaired) electrons. The third-order valence-electron chi connectivity index (χ3n) is 3.75. The molecule has 0 aliphatic carbocycles. The SMILES string of the molecule is CN(Cc1cccc(N)c1)C(=O)C1COc2ccccc21. The summed E-state index contributed by atoms with van der Waals surface area (Å²) < 4.78 is 5.58. The lowest BCUT2D eigenvalue weighted by atomic mass is 10.00. The molecule has 0 spiro atoms. The minimum absolute atomic E-state index is 0.0716. The number of nitrogens with two attached hydrogens (primary N) is 1. The summed E-state index contributed by atoms with van der Waals surface area (Å²) in [6, 6.07) is 15.3. The number of amides is 1. The fraction of sp³-hybridized carbons (Fsp3) is 0.235. The molecule has 1 aliphatic heterocycles. The topological polar surface area (TPSA) is 55.6 Å². The van der Waals surface area contributed by atoms with Crippen LogP contribution < -0.4 is 10.5 Å². The van der Waals surface area contributed by atoms with Gasteiger partial charge in [0.05, 0.1) is 0 Å². The Labute approximate surface area is 124 Å². The van der Waals surface area contributed by atoms with E-state index in [1.807, 2.05) is 55.6 Å². The quantitative estimate of drug-likeness (QED) is 0.880. The van der Waals surface area contributed by atoms with Gasteiger partial charge in [0.2, 0.25) is 5.91 Å². The van der Waals surface area contributed by atoms with Gasteiger partial charge in [-0.1, -0.05) is 30.3 Å². The van der Waals surface area contributed by atoms with Crippen LogP contribution in [0.2, 0.25) is 0 Å². The fourth-order valence-electron chi connectivity index (χ4n) is 2.68. The fourth-order valence-corrected chi connectivity index (χ4v) is 2.68. The molecule has 1 atom stereocenters. The number of hydrogen-bond acceptors (Lipinski definition) is 3. The molecular formula is C17H18N2O2. The summed E-state index contributed by atoms with van der Waals surface area (Å²) in [6.45, 7) is 0.960. The molecule has 1 amide bonds. The van der Waals surface area contributed by atoms with Crippen LogP contribution in [0.3, 0.4) is 0 Å². The van der Waals surface area contributed by atoms with E-state index in [9.17, 15) is 4.79 Å². The molecule has 21 heavy (non-hydrogen) atoms. The van der Waals surface area contributed by atoms with Crippen LogP contribution >= 0.6 is 0 Å². The summed E-state index contributed by atoms with van der Waals surface area (Å²) in [6.07, 6.45) is 0. The highest BCUT2D eigenvalue weighted by Crippen LogP contribution is 2.34. The minimum Gasteiger partial charge on any atom is -0.492 e. The standard InChI is InChI=1S/C17H18N2O2/c1-19(10-12-5-4-6-13(18)9-12)17(20)15-11-21-16-8-3-2-7-14(15)16/h2-9,15H,10-11,18H2,1H3. The Morgan fingerprint density at radius 2 is 2.10 bits per heavy atom. The predicted octanol–water partition coefficient (Wildman–Crippen LogP) is 2.40. The number of ether oxygens (including phenoxy) is 1. The lowest BCUT2D eigenvalue weighted by molar-refractivity contribution is -0.132. The van der Waals surface area contributed by atoms with Crippen LogP contribution in [0.5, 0.6) is 5.75 Å². The number of para-hydroxylation sites is 1. The smallest absolute Gasteiger partial charge is 0.233 e. The first kappa shape index (κ1) is 13.5. The van der Waals surface area contributed by atoms with E-state index in [2.05, 4.69) is 0 Å². The van der Waals surface area contributed by atoms with Gasteiger partial charge in [-0.05, 0) is 23.8 Å². The summed E-state index contributed by atoms with van der Waals surface area (Å²) in [5, 5.41) is 0. The van der Waals surface area contributed by atoms with Crippen molar-refractivity contribution in [1.29, 1.82) is 0 Å². The third kappa shape index (κ3) is 2.70. The predicted molar refractivity (Wildman–Crippen MR) is 82.0 cm³/mol. The van der Waals surface area contributed by atoms with Crippen LogP contribution in [0, 0.1) is 0 Å². The molecular weight excluding hydrogens is 264 g/mol. The first-order valence-corrected chi connectivity index (χ1v) is 6.96. The second-order valence-corrected chi connectivity index (χ2v) is 5.34. The molecule has 1 unspecified atom stereocenters. The highest BCUT2D eigenvalue weighted by Gasteiger charge is 2.31. The summed E-state index contributed by atoms with van der Waals surface area (Å²) in [4.78, 5) is 14.3. The Hall–Kier alpha value is -2.49. The van der Waals surface area contributed by atoms with Crippen LogP contribution in [-0.4, -0.2) is 24.5 Å². The minimum atomic E-state index is -0.216. The lowest BCUT2D eigenvalue weighted by Crippen LogP contribution is -2.32. The maximum absolute atomic E-state index is 12.6. The van der Waals surface area contributed by atoms with Crippen molar-refractivity contribution < 1.29 is 9.53 Å². The van der Waals surface area contributed by atoms with E-state index in [-0.39, 0.29) is 11.8 Å². The summed E-state index contributed by atoms with van der Waals surface area (Å²) >= 11 is 0. The van der Waals surface area contributed by atoms with Gasteiger partial charge in [0, 0.05) is 24.8 Å². The Balaban J connectivity index is 1.74. The number of hydrogen-bond donors (Lipinski definition) is 1. The molecule has 1 aliphatic rings. The summed E-state index contributed by atoms with van der Waals surface area (Å²) in [5.74, 6) is 0.669. The number of benzene rings is 2. The molecule has 0 saturated carbocycles. The van der Waals surface area contributed by atoms with Crippen molar-refractivity contribution in [2.45, 2.75) is 12.5 Å². The van der Waals surface area contributed by atoms with E-state index in [4.69, 9.17) is 10.5 Å². The van der Waals surface area contributed by atoms with E-state index >= 15 is 0 Å². The lowest BCUT2D eigenvalue weighted by Gasteiger charge is -2.20. The van der Waals surface area contributed by atoms with Crippen molar-refractivity contribution >= 4 is 11.6 Å². The number of nitrogen functional groups attached to an aromatic ring is 1. The first-order chi connectivity index (χ1) is 10.1. The largest absolute Gasteiger partial charge is 0.492 e. The second kappa shape index (κ2) is 5.48. The monoisotopic (exact) mass is 282 g/mol. The number of carbonyl (C=O) groups is 1. The molecule has 4 heteroatoms. The number of carbonyl (C=O) groups excluding carboxylic acids is 1. The third-order valence-corrected chi connectivity index (χ3v) is 3.75. The van der Waals surface area contributed by atoms with E-state index in [0.29, 0.717) is 18.8 Å². The molecule has 0 fully saturated rings. The number of nitrogens with zero attached hydrogens (tertiary/aromatic N) is 1. The molecule has 2 aromatic rings. The van der Waals surface area contributed by atoms with Gasteiger partial charge in [-0.15, -0.1) is 0 Å². The van der Waals surface area contributed by atoms with Crippen molar-refractivity contribution in [2.75, 3.05) is 19.4 Å². The Morgan fingerprint density at radius 1 is 1.29 bits per heavy atom. The van der Waals surface area contributed by atoms with Gasteiger partial charge in [-0.3, -0.25) is 4.79 Å². The maximum atomic E-state index is 12.6. The maximum Gasteiger partial charge on any atom is 0.233 e. The normalized spacial score (nSPS) is 16.1. The van der Waals surface area contributed by atoms with Crippen LogP contribution in [0.4, 0.5) is 5.69 Å². The van der Waals surface area contributed by atoms with Crippen LogP contribution in [0.15, 0.2) is 48.5 Å². The molecule has 0 aromatic heterocycles. The number of rotatable bonds is 3. The van der Waals surface area contributed by atoms with Crippen LogP contribution in [0.1, 0.15) is 17.0 Å². The first-order valence-electron chi connectivity index (χ1n) is 6.96. The number of anilines is 1. The highest BCUT2D eigenvalue weighted by molar-refractivity contribution is 5.85. The van der Waals surface area contributed by atoms with Gasteiger partial charge in [0.25, 0.3) is 0 Å². The molecule has 0 saturated heterocycles. The Kier molecular flexibility index (Phi) is 3.52. The molecule has 2 aromatic carbocycles.